The first-order valence-corrected chi connectivity index (χ1v) is 10.1. The maximum Gasteiger partial charge on any atom is 0.259 e. The van der Waals surface area contributed by atoms with Crippen molar-refractivity contribution in [3.63, 3.8) is 0 Å². The Hall–Kier alpha value is -1.82. The molecule has 170 valence electrons. The van der Waals surface area contributed by atoms with Crippen LogP contribution in [0.15, 0.2) is 24.3 Å². The van der Waals surface area contributed by atoms with Gasteiger partial charge in [0.15, 0.2) is 0 Å². The average molecular weight is 430 g/mol. The minimum atomic E-state index is -1.84. The molecule has 1 aromatic rings. The van der Waals surface area contributed by atoms with Crippen LogP contribution in [0.5, 0.6) is 5.75 Å². The van der Waals surface area contributed by atoms with Crippen LogP contribution in [0.1, 0.15) is 37.4 Å². The monoisotopic (exact) mass is 430 g/mol. The number of hydrogen-bond donors (Lipinski definition) is 6. The molecule has 10 heteroatoms. The molecule has 1 saturated heterocycles. The van der Waals surface area contributed by atoms with Crippen molar-refractivity contribution >= 4 is 5.91 Å². The quantitative estimate of drug-likeness (QED) is 0.257. The Kier molecular flexibility index (Phi) is 9.89. The minimum Gasteiger partial charge on any atom is -0.462 e. The lowest BCUT2D eigenvalue weighted by Gasteiger charge is -2.39. The molecule has 2 rings (SSSR count). The zero-order valence-electron chi connectivity index (χ0n) is 16.7. The van der Waals surface area contributed by atoms with Gasteiger partial charge in [-0.3, -0.25) is 4.79 Å². The van der Waals surface area contributed by atoms with Gasteiger partial charge in [0, 0.05) is 6.54 Å². The van der Waals surface area contributed by atoms with Crippen LogP contribution in [0, 0.1) is 0 Å². The molecule has 1 aliphatic rings. The number of alkyl halides is 1. The lowest BCUT2D eigenvalue weighted by molar-refractivity contribution is -0.277. The van der Waals surface area contributed by atoms with Crippen molar-refractivity contribution in [1.82, 2.24) is 5.32 Å². The topological polar surface area (TPSA) is 154 Å². The van der Waals surface area contributed by atoms with Crippen molar-refractivity contribution in [3.05, 3.63) is 29.8 Å². The van der Waals surface area contributed by atoms with Crippen molar-refractivity contribution in [3.8, 4) is 5.75 Å². The Bertz CT molecular complexity index is 647. The molecule has 0 aromatic heterocycles. The van der Waals surface area contributed by atoms with Crippen molar-refractivity contribution < 1.29 is 39.1 Å². The Morgan fingerprint density at radius 1 is 1.10 bits per heavy atom. The summed E-state index contributed by atoms with van der Waals surface area (Å²) in [5.74, 6) is -0.535. The van der Waals surface area contributed by atoms with E-state index in [-0.39, 0.29) is 11.3 Å². The van der Waals surface area contributed by atoms with Crippen LogP contribution in [0.3, 0.4) is 0 Å². The Balaban J connectivity index is 1.86. The third kappa shape index (κ3) is 6.59. The fraction of sp³-hybridized carbons (Fsp3) is 0.650. The molecule has 6 atom stereocenters. The number of ether oxygens (including phenoxy) is 2. The molecular weight excluding hydrogens is 399 g/mol. The molecule has 1 amide bonds. The van der Waals surface area contributed by atoms with Crippen molar-refractivity contribution in [2.75, 3.05) is 19.7 Å². The van der Waals surface area contributed by atoms with Crippen LogP contribution in [0.2, 0.25) is 0 Å². The summed E-state index contributed by atoms with van der Waals surface area (Å²) in [7, 11) is 0. The highest BCUT2D eigenvalue weighted by atomic mass is 19.1. The van der Waals surface area contributed by atoms with E-state index in [1.54, 1.807) is 0 Å². The SMILES string of the molecule is NCCCCCCNC(=O)C(F)c1ccc(O[C@H]2O[C@H](CO)[C@H](O)[C@H](O)[C@H]2O)cc1. The molecule has 9 nitrogen and oxygen atoms in total. The van der Waals surface area contributed by atoms with Gasteiger partial charge in [-0.2, -0.15) is 0 Å². The number of rotatable bonds is 11. The van der Waals surface area contributed by atoms with Crippen molar-refractivity contribution in [1.29, 1.82) is 0 Å². The smallest absolute Gasteiger partial charge is 0.259 e. The number of amides is 1. The van der Waals surface area contributed by atoms with Crippen molar-refractivity contribution in [2.45, 2.75) is 62.6 Å². The van der Waals surface area contributed by atoms with Crippen LogP contribution in [-0.2, 0) is 9.53 Å². The van der Waals surface area contributed by atoms with E-state index in [9.17, 15) is 29.6 Å². The van der Waals surface area contributed by atoms with Crippen LogP contribution in [0.25, 0.3) is 0 Å². The van der Waals surface area contributed by atoms with E-state index < -0.39 is 49.4 Å². The van der Waals surface area contributed by atoms with E-state index in [0.29, 0.717) is 13.1 Å². The molecule has 1 fully saturated rings. The third-order valence-electron chi connectivity index (χ3n) is 4.93. The number of aliphatic hydroxyl groups excluding tert-OH is 4. The first-order valence-electron chi connectivity index (χ1n) is 10.1. The Morgan fingerprint density at radius 3 is 2.40 bits per heavy atom. The van der Waals surface area contributed by atoms with E-state index >= 15 is 0 Å². The van der Waals surface area contributed by atoms with Gasteiger partial charge < -0.3 is 41.0 Å². The first kappa shape index (κ1) is 24.4. The predicted octanol–water partition coefficient (Wildman–Crippen LogP) is -0.489. The molecule has 0 spiro atoms. The zero-order valence-corrected chi connectivity index (χ0v) is 16.7. The predicted molar refractivity (Wildman–Crippen MR) is 105 cm³/mol. The summed E-state index contributed by atoms with van der Waals surface area (Å²) in [6.07, 6.45) is -5.30. The van der Waals surface area contributed by atoms with Gasteiger partial charge in [-0.1, -0.05) is 25.0 Å². The summed E-state index contributed by atoms with van der Waals surface area (Å²) in [4.78, 5) is 11.9. The molecule has 0 aliphatic carbocycles. The van der Waals surface area contributed by atoms with Crippen LogP contribution >= 0.6 is 0 Å². The molecule has 0 saturated carbocycles. The summed E-state index contributed by atoms with van der Waals surface area (Å²) < 4.78 is 25.1. The molecule has 1 heterocycles. The van der Waals surface area contributed by atoms with E-state index in [1.165, 1.54) is 24.3 Å². The highest BCUT2D eigenvalue weighted by Crippen LogP contribution is 2.26. The normalized spacial score (nSPS) is 27.5. The summed E-state index contributed by atoms with van der Waals surface area (Å²) in [6.45, 7) is 0.451. The van der Waals surface area contributed by atoms with Gasteiger partial charge in [0.25, 0.3) is 5.91 Å². The summed E-state index contributed by atoms with van der Waals surface area (Å²) >= 11 is 0. The molecule has 30 heavy (non-hydrogen) atoms. The van der Waals surface area contributed by atoms with Gasteiger partial charge in [-0.05, 0) is 37.1 Å². The van der Waals surface area contributed by atoms with E-state index in [1.807, 2.05) is 0 Å². The number of nitrogens with one attached hydrogen (secondary N) is 1. The van der Waals surface area contributed by atoms with Gasteiger partial charge >= 0.3 is 0 Å². The molecular formula is C20H31FN2O7. The summed E-state index contributed by atoms with van der Waals surface area (Å²) in [5.41, 5.74) is 5.55. The van der Waals surface area contributed by atoms with Crippen LogP contribution in [-0.4, -0.2) is 76.7 Å². The molecule has 1 unspecified atom stereocenters. The number of halogens is 1. The van der Waals surface area contributed by atoms with E-state index in [4.69, 9.17) is 15.2 Å². The lowest BCUT2D eigenvalue weighted by atomic mass is 9.99. The third-order valence-corrected chi connectivity index (χ3v) is 4.93. The number of nitrogens with two attached hydrogens (primary N) is 1. The fourth-order valence-electron chi connectivity index (χ4n) is 3.09. The molecule has 7 N–H and O–H groups in total. The number of carbonyl (C=O) groups is 1. The number of unbranched alkanes of at least 4 members (excludes halogenated alkanes) is 3. The van der Waals surface area contributed by atoms with Gasteiger partial charge in [-0.25, -0.2) is 4.39 Å². The van der Waals surface area contributed by atoms with Crippen LogP contribution < -0.4 is 15.8 Å². The van der Waals surface area contributed by atoms with Crippen LogP contribution in [0.4, 0.5) is 4.39 Å². The second-order valence-corrected chi connectivity index (χ2v) is 7.24. The van der Waals surface area contributed by atoms with E-state index in [0.717, 1.165) is 25.7 Å². The molecule has 0 radical (unpaired) electrons. The minimum absolute atomic E-state index is 0.136. The number of carbonyl (C=O) groups excluding carboxylic acids is 1. The maximum atomic E-state index is 14.4. The number of benzene rings is 1. The summed E-state index contributed by atoms with van der Waals surface area (Å²) in [5, 5.41) is 41.3. The number of hydrogen-bond acceptors (Lipinski definition) is 8. The van der Waals surface area contributed by atoms with Crippen molar-refractivity contribution in [2.24, 2.45) is 5.73 Å². The fourth-order valence-corrected chi connectivity index (χ4v) is 3.09. The summed E-state index contributed by atoms with van der Waals surface area (Å²) in [6, 6.07) is 5.52. The van der Waals surface area contributed by atoms with Gasteiger partial charge in [0.05, 0.1) is 6.61 Å². The highest BCUT2D eigenvalue weighted by Gasteiger charge is 2.44. The zero-order chi connectivity index (χ0) is 22.1. The van der Waals surface area contributed by atoms with Gasteiger partial charge in [0.1, 0.15) is 30.2 Å². The van der Waals surface area contributed by atoms with Gasteiger partial charge in [-0.15, -0.1) is 0 Å². The standard InChI is InChI=1S/C20H31FN2O7/c21-15(19(28)23-10-4-2-1-3-9-22)12-5-7-13(8-6-12)29-20-18(27)17(26)16(25)14(11-24)30-20/h5-8,14-18,20,24-27H,1-4,9-11,22H2,(H,23,28)/t14-,15?,16+,17+,18-,20+/m1/s1. The second-order valence-electron chi connectivity index (χ2n) is 7.24. The number of aliphatic hydroxyl groups is 4. The Morgan fingerprint density at radius 2 is 1.77 bits per heavy atom. The van der Waals surface area contributed by atoms with Gasteiger partial charge in [0.2, 0.25) is 12.5 Å². The second kappa shape index (κ2) is 12.1. The maximum absolute atomic E-state index is 14.4. The Labute approximate surface area is 174 Å². The largest absolute Gasteiger partial charge is 0.462 e. The molecule has 1 aromatic carbocycles. The lowest BCUT2D eigenvalue weighted by Crippen LogP contribution is -2.60. The first-order chi connectivity index (χ1) is 14.4. The molecule has 1 aliphatic heterocycles. The highest BCUT2D eigenvalue weighted by molar-refractivity contribution is 5.82. The van der Waals surface area contributed by atoms with E-state index in [2.05, 4.69) is 5.32 Å². The molecule has 0 bridgehead atoms. The average Bonchev–Trinajstić information content (AvgIpc) is 2.76.